The standard InChI is InChI=1S/C23H23ClN2O3S2/c1-4-30-21-8-6-5-7-20(21)25-23(27)17-10-12-19(24)22(14-17)31(28,29)26-18-11-9-15(2)16(3)13-18/h5-14,26H,4H2,1-3H3,(H,25,27). The number of aryl methyl sites for hydroxylation is 2. The van der Waals surface area contributed by atoms with Gasteiger partial charge in [0.1, 0.15) is 4.90 Å². The first-order valence-corrected chi connectivity index (χ1v) is 12.5. The van der Waals surface area contributed by atoms with Gasteiger partial charge >= 0.3 is 0 Å². The highest BCUT2D eigenvalue weighted by Crippen LogP contribution is 2.29. The summed E-state index contributed by atoms with van der Waals surface area (Å²) in [6, 6.07) is 17.0. The Kier molecular flexibility index (Phi) is 7.30. The van der Waals surface area contributed by atoms with Crippen LogP contribution in [0.25, 0.3) is 0 Å². The lowest BCUT2D eigenvalue weighted by atomic mass is 10.1. The van der Waals surface area contributed by atoms with Crippen LogP contribution in [0.4, 0.5) is 11.4 Å². The van der Waals surface area contributed by atoms with Gasteiger partial charge in [-0.1, -0.05) is 36.7 Å². The fraction of sp³-hybridized carbons (Fsp3) is 0.174. The highest BCUT2D eigenvalue weighted by atomic mass is 35.5. The van der Waals surface area contributed by atoms with E-state index in [1.54, 1.807) is 23.9 Å². The summed E-state index contributed by atoms with van der Waals surface area (Å²) in [4.78, 5) is 13.6. The smallest absolute Gasteiger partial charge is 0.263 e. The molecular weight excluding hydrogens is 452 g/mol. The number of rotatable bonds is 7. The molecule has 0 aromatic heterocycles. The van der Waals surface area contributed by atoms with Gasteiger partial charge in [0.05, 0.1) is 10.7 Å². The van der Waals surface area contributed by atoms with E-state index in [0.717, 1.165) is 21.8 Å². The van der Waals surface area contributed by atoms with Crippen LogP contribution in [0.2, 0.25) is 5.02 Å². The van der Waals surface area contributed by atoms with Gasteiger partial charge in [-0.2, -0.15) is 0 Å². The quantitative estimate of drug-likeness (QED) is 0.404. The number of para-hydroxylation sites is 1. The van der Waals surface area contributed by atoms with Gasteiger partial charge in [0.25, 0.3) is 15.9 Å². The molecule has 0 unspecified atom stereocenters. The number of hydrogen-bond donors (Lipinski definition) is 2. The van der Waals surface area contributed by atoms with Gasteiger partial charge in [0, 0.05) is 16.1 Å². The summed E-state index contributed by atoms with van der Waals surface area (Å²) in [5.41, 5.74) is 3.32. The predicted octanol–water partition coefficient (Wildman–Crippen LogP) is 6.12. The van der Waals surface area contributed by atoms with Crippen LogP contribution in [0.3, 0.4) is 0 Å². The van der Waals surface area contributed by atoms with Crippen molar-refractivity contribution >= 4 is 50.7 Å². The van der Waals surface area contributed by atoms with E-state index in [2.05, 4.69) is 10.0 Å². The number of sulfonamides is 1. The molecule has 0 aliphatic heterocycles. The van der Waals surface area contributed by atoms with Gasteiger partial charge in [0.15, 0.2) is 0 Å². The summed E-state index contributed by atoms with van der Waals surface area (Å²) in [5, 5.41) is 2.89. The predicted molar refractivity (Wildman–Crippen MR) is 129 cm³/mol. The average Bonchev–Trinajstić information content (AvgIpc) is 2.72. The maximum atomic E-state index is 13.0. The first-order chi connectivity index (χ1) is 14.7. The zero-order valence-corrected chi connectivity index (χ0v) is 19.8. The maximum absolute atomic E-state index is 13.0. The van der Waals surface area contributed by atoms with Crippen molar-refractivity contribution in [2.45, 2.75) is 30.6 Å². The van der Waals surface area contributed by atoms with Crippen molar-refractivity contribution < 1.29 is 13.2 Å². The molecule has 0 saturated heterocycles. The van der Waals surface area contributed by atoms with E-state index < -0.39 is 15.9 Å². The van der Waals surface area contributed by atoms with E-state index in [-0.39, 0.29) is 15.5 Å². The van der Waals surface area contributed by atoms with E-state index in [4.69, 9.17) is 11.6 Å². The van der Waals surface area contributed by atoms with Crippen molar-refractivity contribution in [2.24, 2.45) is 0 Å². The molecule has 0 spiro atoms. The van der Waals surface area contributed by atoms with Crippen molar-refractivity contribution in [3.63, 3.8) is 0 Å². The Bertz CT molecular complexity index is 1230. The molecule has 0 aliphatic rings. The molecule has 3 aromatic rings. The van der Waals surface area contributed by atoms with Crippen LogP contribution in [0.15, 0.2) is 70.5 Å². The van der Waals surface area contributed by atoms with Crippen LogP contribution >= 0.6 is 23.4 Å². The highest BCUT2D eigenvalue weighted by molar-refractivity contribution is 7.99. The van der Waals surface area contributed by atoms with Gasteiger partial charge in [-0.3, -0.25) is 9.52 Å². The van der Waals surface area contributed by atoms with Gasteiger partial charge in [-0.15, -0.1) is 11.8 Å². The normalized spacial score (nSPS) is 11.2. The van der Waals surface area contributed by atoms with E-state index in [1.807, 2.05) is 51.1 Å². The van der Waals surface area contributed by atoms with Crippen molar-refractivity contribution in [1.29, 1.82) is 0 Å². The van der Waals surface area contributed by atoms with Crippen molar-refractivity contribution in [3.05, 3.63) is 82.4 Å². The van der Waals surface area contributed by atoms with Gasteiger partial charge in [-0.05, 0) is 73.2 Å². The number of benzene rings is 3. The molecule has 0 saturated carbocycles. The average molecular weight is 475 g/mol. The molecule has 0 bridgehead atoms. The molecule has 3 rings (SSSR count). The number of thioether (sulfide) groups is 1. The molecule has 0 atom stereocenters. The van der Waals surface area contributed by atoms with Crippen LogP contribution in [0.1, 0.15) is 28.4 Å². The lowest BCUT2D eigenvalue weighted by Crippen LogP contribution is -2.17. The third-order valence-corrected chi connectivity index (χ3v) is 7.50. The Labute approximate surface area is 192 Å². The molecule has 0 aliphatic carbocycles. The van der Waals surface area contributed by atoms with Crippen LogP contribution in [-0.4, -0.2) is 20.1 Å². The fourth-order valence-corrected chi connectivity index (χ4v) is 5.25. The van der Waals surface area contributed by atoms with Gasteiger partial charge < -0.3 is 5.32 Å². The first kappa shape index (κ1) is 23.2. The summed E-state index contributed by atoms with van der Waals surface area (Å²) in [5.74, 6) is 0.448. The lowest BCUT2D eigenvalue weighted by Gasteiger charge is -2.13. The molecule has 1 amide bonds. The Balaban J connectivity index is 1.88. The Morgan fingerprint density at radius 3 is 2.45 bits per heavy atom. The highest BCUT2D eigenvalue weighted by Gasteiger charge is 2.21. The number of amides is 1. The summed E-state index contributed by atoms with van der Waals surface area (Å²) in [6.07, 6.45) is 0. The fourth-order valence-electron chi connectivity index (χ4n) is 2.91. The van der Waals surface area contributed by atoms with Crippen LogP contribution < -0.4 is 10.0 Å². The van der Waals surface area contributed by atoms with Crippen LogP contribution in [0.5, 0.6) is 0 Å². The molecule has 5 nitrogen and oxygen atoms in total. The molecule has 8 heteroatoms. The number of anilines is 2. The van der Waals surface area contributed by atoms with Crippen molar-refractivity contribution in [2.75, 3.05) is 15.8 Å². The first-order valence-electron chi connectivity index (χ1n) is 9.64. The van der Waals surface area contributed by atoms with Crippen molar-refractivity contribution in [1.82, 2.24) is 0 Å². The number of carbonyl (C=O) groups is 1. The van der Waals surface area contributed by atoms with E-state index in [9.17, 15) is 13.2 Å². The minimum Gasteiger partial charge on any atom is -0.321 e. The molecule has 0 heterocycles. The third kappa shape index (κ3) is 5.61. The summed E-state index contributed by atoms with van der Waals surface area (Å²) < 4.78 is 28.5. The molecular formula is C23H23ClN2O3S2. The molecule has 0 fully saturated rings. The third-order valence-electron chi connectivity index (χ3n) is 4.68. The molecule has 2 N–H and O–H groups in total. The Hall–Kier alpha value is -2.48. The van der Waals surface area contributed by atoms with Gasteiger partial charge in [-0.25, -0.2) is 8.42 Å². The minimum atomic E-state index is -3.99. The van der Waals surface area contributed by atoms with Crippen LogP contribution in [-0.2, 0) is 10.0 Å². The zero-order chi connectivity index (χ0) is 22.6. The maximum Gasteiger partial charge on any atom is 0.263 e. The molecule has 0 radical (unpaired) electrons. The topological polar surface area (TPSA) is 75.3 Å². The molecule has 31 heavy (non-hydrogen) atoms. The van der Waals surface area contributed by atoms with E-state index in [0.29, 0.717) is 11.4 Å². The second-order valence-corrected chi connectivity index (χ2v) is 10.3. The monoisotopic (exact) mass is 474 g/mol. The number of nitrogens with one attached hydrogen (secondary N) is 2. The SMILES string of the molecule is CCSc1ccccc1NC(=O)c1ccc(Cl)c(S(=O)(=O)Nc2ccc(C)c(C)c2)c1. The summed E-state index contributed by atoms with van der Waals surface area (Å²) >= 11 is 7.79. The second kappa shape index (κ2) is 9.77. The lowest BCUT2D eigenvalue weighted by molar-refractivity contribution is 0.102. The molecule has 3 aromatic carbocycles. The summed E-state index contributed by atoms with van der Waals surface area (Å²) in [7, 11) is -3.99. The largest absolute Gasteiger partial charge is 0.321 e. The van der Waals surface area contributed by atoms with E-state index >= 15 is 0 Å². The van der Waals surface area contributed by atoms with Crippen molar-refractivity contribution in [3.8, 4) is 0 Å². The minimum absolute atomic E-state index is 0.0369. The zero-order valence-electron chi connectivity index (χ0n) is 17.4. The van der Waals surface area contributed by atoms with E-state index in [1.165, 1.54) is 18.2 Å². The Morgan fingerprint density at radius 2 is 1.74 bits per heavy atom. The molecule has 162 valence electrons. The number of carbonyl (C=O) groups excluding carboxylic acids is 1. The van der Waals surface area contributed by atoms with Crippen LogP contribution in [0, 0.1) is 13.8 Å². The second-order valence-electron chi connectivity index (χ2n) is 6.93. The number of hydrogen-bond acceptors (Lipinski definition) is 4. The summed E-state index contributed by atoms with van der Waals surface area (Å²) in [6.45, 7) is 5.88. The number of halogens is 1. The Morgan fingerprint density at radius 1 is 1.00 bits per heavy atom. The van der Waals surface area contributed by atoms with Gasteiger partial charge in [0.2, 0.25) is 0 Å².